The normalized spacial score (nSPS) is 14.0. The quantitative estimate of drug-likeness (QED) is 0.608. The van der Waals surface area contributed by atoms with Crippen LogP contribution in [0.3, 0.4) is 0 Å². The zero-order valence-electron chi connectivity index (χ0n) is 18.9. The Kier molecular flexibility index (Phi) is 7.72. The van der Waals surface area contributed by atoms with Crippen LogP contribution < -0.4 is 20.9 Å². The molecule has 0 unspecified atom stereocenters. The van der Waals surface area contributed by atoms with Crippen LogP contribution in [0.2, 0.25) is 0 Å². The molecule has 3 N–H and O–H groups in total. The molecule has 0 atom stereocenters. The average Bonchev–Trinajstić information content (AvgIpc) is 2.78. The van der Waals surface area contributed by atoms with Crippen LogP contribution in [0.15, 0.2) is 42.5 Å². The van der Waals surface area contributed by atoms with Crippen molar-refractivity contribution in [2.24, 2.45) is 11.8 Å². The molecule has 0 spiro atoms. The maximum absolute atomic E-state index is 13.0. The van der Waals surface area contributed by atoms with Crippen molar-refractivity contribution in [2.75, 3.05) is 35.2 Å². The lowest BCUT2D eigenvalue weighted by molar-refractivity contribution is 0.0949. The van der Waals surface area contributed by atoms with Gasteiger partial charge in [0.05, 0.1) is 17.2 Å². The summed E-state index contributed by atoms with van der Waals surface area (Å²) in [6, 6.07) is 13.7. The van der Waals surface area contributed by atoms with E-state index in [1.165, 1.54) is 0 Å². The van der Waals surface area contributed by atoms with Crippen LogP contribution in [0.4, 0.5) is 21.9 Å². The lowest BCUT2D eigenvalue weighted by Gasteiger charge is -2.33. The molecule has 0 bridgehead atoms. The summed E-state index contributed by atoms with van der Waals surface area (Å²) in [7, 11) is 0. The molecule has 0 radical (unpaired) electrons. The Morgan fingerprint density at radius 1 is 1.06 bits per heavy atom. The van der Waals surface area contributed by atoms with Crippen LogP contribution in [-0.2, 0) is 0 Å². The number of urea groups is 1. The summed E-state index contributed by atoms with van der Waals surface area (Å²) in [6.07, 6.45) is 2.19. The minimum Gasteiger partial charge on any atom is -0.371 e. The van der Waals surface area contributed by atoms with E-state index in [0.717, 1.165) is 31.6 Å². The van der Waals surface area contributed by atoms with E-state index < -0.39 is 6.03 Å². The summed E-state index contributed by atoms with van der Waals surface area (Å²) in [4.78, 5) is 27.7. The van der Waals surface area contributed by atoms with E-state index in [0.29, 0.717) is 40.9 Å². The molecule has 7 heteroatoms. The molecule has 1 fully saturated rings. The number of rotatable bonds is 6. The molecule has 1 aliphatic rings. The molecule has 0 saturated carbocycles. The zero-order chi connectivity index (χ0) is 23.1. The van der Waals surface area contributed by atoms with Gasteiger partial charge in [0.2, 0.25) is 0 Å². The molecule has 1 saturated heterocycles. The first-order valence-electron chi connectivity index (χ1n) is 11.1. The molecule has 3 rings (SSSR count). The van der Waals surface area contributed by atoms with Crippen molar-refractivity contribution in [3.05, 3.63) is 53.6 Å². The smallest absolute Gasteiger partial charge is 0.323 e. The summed E-state index contributed by atoms with van der Waals surface area (Å²) >= 11 is 0. The average molecular weight is 434 g/mol. The van der Waals surface area contributed by atoms with Crippen molar-refractivity contribution < 1.29 is 9.59 Å². The van der Waals surface area contributed by atoms with Crippen molar-refractivity contribution in [2.45, 2.75) is 33.6 Å². The number of hydrogen-bond donors (Lipinski definition) is 3. The van der Waals surface area contributed by atoms with Gasteiger partial charge in [-0.3, -0.25) is 4.79 Å². The number of carbonyl (C=O) groups is 2. The number of amides is 3. The van der Waals surface area contributed by atoms with Gasteiger partial charge >= 0.3 is 6.03 Å². The zero-order valence-corrected chi connectivity index (χ0v) is 18.9. The molecule has 168 valence electrons. The fourth-order valence-electron chi connectivity index (χ4n) is 3.63. The number of anilines is 3. The summed E-state index contributed by atoms with van der Waals surface area (Å²) in [5.74, 6) is 0.901. The van der Waals surface area contributed by atoms with Crippen molar-refractivity contribution in [1.29, 1.82) is 5.26 Å². The van der Waals surface area contributed by atoms with E-state index >= 15 is 0 Å². The highest BCUT2D eigenvalue weighted by Crippen LogP contribution is 2.29. The Bertz CT molecular complexity index is 986. The molecule has 2 aromatic carbocycles. The predicted molar refractivity (Wildman–Crippen MR) is 128 cm³/mol. The molecular formula is C25H31N5O2. The maximum Gasteiger partial charge on any atom is 0.323 e. The SMILES string of the molecule is CC(C)CNC(=O)c1cc(NC(=O)Nc2ccc(C#N)cc2)ccc1N1CCC(C)CC1. The third kappa shape index (κ3) is 6.24. The molecule has 3 amide bonds. The summed E-state index contributed by atoms with van der Waals surface area (Å²) in [6.45, 7) is 8.78. The lowest BCUT2D eigenvalue weighted by atomic mass is 9.97. The highest BCUT2D eigenvalue weighted by molar-refractivity contribution is 6.04. The van der Waals surface area contributed by atoms with Gasteiger partial charge in [-0.25, -0.2) is 4.79 Å². The Morgan fingerprint density at radius 2 is 1.69 bits per heavy atom. The topological polar surface area (TPSA) is 97.3 Å². The number of piperidine rings is 1. The van der Waals surface area contributed by atoms with E-state index in [-0.39, 0.29) is 5.91 Å². The predicted octanol–water partition coefficient (Wildman–Crippen LogP) is 4.82. The second-order valence-corrected chi connectivity index (χ2v) is 8.77. The van der Waals surface area contributed by atoms with Gasteiger partial charge in [-0.2, -0.15) is 5.26 Å². The minimum absolute atomic E-state index is 0.136. The van der Waals surface area contributed by atoms with Crippen molar-refractivity contribution in [3.8, 4) is 6.07 Å². The number of benzene rings is 2. The molecule has 0 aliphatic carbocycles. The second-order valence-electron chi connectivity index (χ2n) is 8.77. The van der Waals surface area contributed by atoms with Gasteiger partial charge in [0.1, 0.15) is 0 Å². The van der Waals surface area contributed by atoms with Gasteiger partial charge < -0.3 is 20.9 Å². The first kappa shape index (κ1) is 23.1. The number of nitrogens with zero attached hydrogens (tertiary/aromatic N) is 2. The summed E-state index contributed by atoms with van der Waals surface area (Å²) in [5.41, 5.74) is 3.11. The van der Waals surface area contributed by atoms with E-state index in [9.17, 15) is 9.59 Å². The molecule has 7 nitrogen and oxygen atoms in total. The van der Waals surface area contributed by atoms with Crippen molar-refractivity contribution in [3.63, 3.8) is 0 Å². The van der Waals surface area contributed by atoms with E-state index in [2.05, 4.69) is 41.6 Å². The van der Waals surface area contributed by atoms with Gasteiger partial charge in [0.25, 0.3) is 5.91 Å². The molecular weight excluding hydrogens is 402 g/mol. The summed E-state index contributed by atoms with van der Waals surface area (Å²) in [5, 5.41) is 17.4. The Morgan fingerprint density at radius 3 is 2.31 bits per heavy atom. The van der Waals surface area contributed by atoms with Crippen LogP contribution in [0.5, 0.6) is 0 Å². The first-order valence-corrected chi connectivity index (χ1v) is 11.1. The van der Waals surface area contributed by atoms with E-state index in [1.807, 2.05) is 18.2 Å². The van der Waals surface area contributed by atoms with Crippen LogP contribution in [-0.4, -0.2) is 31.6 Å². The summed E-state index contributed by atoms with van der Waals surface area (Å²) < 4.78 is 0. The Hall–Kier alpha value is -3.53. The molecule has 1 heterocycles. The molecule has 32 heavy (non-hydrogen) atoms. The van der Waals surface area contributed by atoms with Gasteiger partial charge in [-0.1, -0.05) is 20.8 Å². The number of nitriles is 1. The number of carbonyl (C=O) groups excluding carboxylic acids is 2. The van der Waals surface area contributed by atoms with Crippen LogP contribution >= 0.6 is 0 Å². The molecule has 0 aromatic heterocycles. The van der Waals surface area contributed by atoms with Gasteiger partial charge in [0.15, 0.2) is 0 Å². The fraction of sp³-hybridized carbons (Fsp3) is 0.400. The Labute approximate surface area is 189 Å². The highest BCUT2D eigenvalue weighted by Gasteiger charge is 2.22. The minimum atomic E-state index is -0.414. The van der Waals surface area contributed by atoms with Crippen LogP contribution in [0.1, 0.15) is 49.5 Å². The number of nitrogens with one attached hydrogen (secondary N) is 3. The standard InChI is InChI=1S/C25H31N5O2/c1-17(2)16-27-24(31)22-14-21(8-9-23(22)30-12-10-18(3)11-13-30)29-25(32)28-20-6-4-19(15-26)5-7-20/h4-9,14,17-18H,10-13,16H2,1-3H3,(H,27,31)(H2,28,29,32). The third-order valence-electron chi connectivity index (χ3n) is 5.57. The van der Waals surface area contributed by atoms with E-state index in [1.54, 1.807) is 30.3 Å². The third-order valence-corrected chi connectivity index (χ3v) is 5.57. The first-order chi connectivity index (χ1) is 15.4. The highest BCUT2D eigenvalue weighted by atomic mass is 16.2. The van der Waals surface area contributed by atoms with Crippen LogP contribution in [0.25, 0.3) is 0 Å². The molecule has 2 aromatic rings. The maximum atomic E-state index is 13.0. The van der Waals surface area contributed by atoms with Crippen LogP contribution in [0, 0.1) is 23.2 Å². The van der Waals surface area contributed by atoms with E-state index in [4.69, 9.17) is 5.26 Å². The number of hydrogen-bond acceptors (Lipinski definition) is 4. The lowest BCUT2D eigenvalue weighted by Crippen LogP contribution is -2.35. The van der Waals surface area contributed by atoms with Crippen molar-refractivity contribution >= 4 is 29.0 Å². The Balaban J connectivity index is 1.76. The van der Waals surface area contributed by atoms with Gasteiger partial charge in [-0.05, 0) is 67.1 Å². The molecule has 1 aliphatic heterocycles. The monoisotopic (exact) mass is 433 g/mol. The largest absolute Gasteiger partial charge is 0.371 e. The van der Waals surface area contributed by atoms with Crippen molar-refractivity contribution in [1.82, 2.24) is 5.32 Å². The fourth-order valence-corrected chi connectivity index (χ4v) is 3.63. The van der Waals surface area contributed by atoms with Gasteiger partial charge in [0, 0.05) is 36.7 Å². The van der Waals surface area contributed by atoms with Gasteiger partial charge in [-0.15, -0.1) is 0 Å². The second kappa shape index (κ2) is 10.7.